The van der Waals surface area contributed by atoms with Gasteiger partial charge in [0.15, 0.2) is 0 Å². The van der Waals surface area contributed by atoms with Crippen LogP contribution in [-0.4, -0.2) is 22.0 Å². The highest BCUT2D eigenvalue weighted by atomic mass is 15.3. The van der Waals surface area contributed by atoms with Crippen LogP contribution in [0.3, 0.4) is 0 Å². The van der Waals surface area contributed by atoms with Crippen LogP contribution in [0.1, 0.15) is 25.5 Å². The number of hydrogen-bond donors (Lipinski definition) is 0. The van der Waals surface area contributed by atoms with Crippen molar-refractivity contribution >= 4 is 5.71 Å². The molecule has 0 N–H and O–H groups in total. The van der Waals surface area contributed by atoms with E-state index in [1.807, 2.05) is 24.0 Å². The fraction of sp³-hybridized carbons (Fsp3) is 0.600. The highest BCUT2D eigenvalue weighted by Crippen LogP contribution is 2.16. The van der Waals surface area contributed by atoms with Gasteiger partial charge in [-0.2, -0.15) is 5.10 Å². The summed E-state index contributed by atoms with van der Waals surface area (Å²) in [6.45, 7) is 3.23. The van der Waals surface area contributed by atoms with Crippen molar-refractivity contribution in [3.63, 3.8) is 0 Å². The molecule has 0 saturated carbocycles. The Morgan fingerprint density at radius 1 is 1.54 bits per heavy atom. The zero-order valence-electron chi connectivity index (χ0n) is 8.20. The van der Waals surface area contributed by atoms with Gasteiger partial charge in [0, 0.05) is 19.8 Å². The van der Waals surface area contributed by atoms with Crippen LogP contribution in [0.25, 0.3) is 0 Å². The summed E-state index contributed by atoms with van der Waals surface area (Å²) in [6.07, 6.45) is 4.18. The molecular formula is C10H15N3. The van der Waals surface area contributed by atoms with Gasteiger partial charge in [0.05, 0.1) is 11.4 Å². The molecule has 0 bridgehead atoms. The predicted molar refractivity (Wildman–Crippen MR) is 53.0 cm³/mol. The summed E-state index contributed by atoms with van der Waals surface area (Å²) in [7, 11) is 1.97. The Hall–Kier alpha value is -1.12. The number of hydrogen-bond acceptors (Lipinski definition) is 2. The summed E-state index contributed by atoms with van der Waals surface area (Å²) < 4.78 is 1.90. The average molecular weight is 177 g/mol. The van der Waals surface area contributed by atoms with Gasteiger partial charge in [-0.05, 0) is 24.8 Å². The lowest BCUT2D eigenvalue weighted by Gasteiger charge is -2.17. The van der Waals surface area contributed by atoms with Crippen molar-refractivity contribution in [3.8, 4) is 0 Å². The molecule has 1 aliphatic heterocycles. The lowest BCUT2D eigenvalue weighted by molar-refractivity contribution is 0.536. The molecule has 0 radical (unpaired) electrons. The third kappa shape index (κ3) is 1.64. The van der Waals surface area contributed by atoms with Crippen molar-refractivity contribution in [3.05, 3.63) is 18.0 Å². The van der Waals surface area contributed by atoms with Crippen LogP contribution in [0, 0.1) is 5.92 Å². The van der Waals surface area contributed by atoms with Gasteiger partial charge >= 0.3 is 0 Å². The first-order valence-electron chi connectivity index (χ1n) is 4.79. The molecule has 70 valence electrons. The molecule has 13 heavy (non-hydrogen) atoms. The molecule has 0 aliphatic carbocycles. The van der Waals surface area contributed by atoms with Crippen LogP contribution >= 0.6 is 0 Å². The Balaban J connectivity index is 2.23. The molecule has 1 aromatic heterocycles. The number of aromatic nitrogens is 2. The number of nitrogens with zero attached hydrogens (tertiary/aromatic N) is 3. The van der Waals surface area contributed by atoms with E-state index in [0.29, 0.717) is 0 Å². The van der Waals surface area contributed by atoms with E-state index in [-0.39, 0.29) is 0 Å². The smallest absolute Gasteiger partial charge is 0.0816 e. The quantitative estimate of drug-likeness (QED) is 0.641. The van der Waals surface area contributed by atoms with Crippen LogP contribution in [-0.2, 0) is 7.05 Å². The first-order chi connectivity index (χ1) is 6.27. The summed E-state index contributed by atoms with van der Waals surface area (Å²) in [6, 6.07) is 2.04. The minimum atomic E-state index is 0.747. The molecule has 0 aromatic carbocycles. The van der Waals surface area contributed by atoms with Crippen LogP contribution < -0.4 is 0 Å². The van der Waals surface area contributed by atoms with Crippen molar-refractivity contribution in [2.24, 2.45) is 18.0 Å². The molecular weight excluding hydrogens is 162 g/mol. The third-order valence-electron chi connectivity index (χ3n) is 2.58. The SMILES string of the molecule is CC1CCC(c2ccnn2C)=NC1. The van der Waals surface area contributed by atoms with Gasteiger partial charge in [0.1, 0.15) is 0 Å². The zero-order valence-corrected chi connectivity index (χ0v) is 8.20. The first kappa shape index (κ1) is 8.48. The predicted octanol–water partition coefficient (Wildman–Crippen LogP) is 1.64. The molecule has 0 fully saturated rings. The number of rotatable bonds is 1. The second kappa shape index (κ2) is 3.32. The summed E-state index contributed by atoms with van der Waals surface area (Å²) in [5, 5.41) is 4.15. The first-order valence-corrected chi connectivity index (χ1v) is 4.79. The van der Waals surface area contributed by atoms with Crippen LogP contribution in [0.5, 0.6) is 0 Å². The van der Waals surface area contributed by atoms with Crippen molar-refractivity contribution in [2.45, 2.75) is 19.8 Å². The third-order valence-corrected chi connectivity index (χ3v) is 2.58. The maximum atomic E-state index is 4.57. The average Bonchev–Trinajstić information content (AvgIpc) is 2.53. The molecule has 1 aliphatic rings. The van der Waals surface area contributed by atoms with E-state index in [4.69, 9.17) is 0 Å². The Kier molecular flexibility index (Phi) is 2.17. The molecule has 0 amide bonds. The highest BCUT2D eigenvalue weighted by molar-refractivity contribution is 5.99. The lowest BCUT2D eigenvalue weighted by Crippen LogP contribution is -2.16. The Bertz CT molecular complexity index is 325. The molecule has 1 aromatic rings. The molecule has 1 atom stereocenters. The van der Waals surface area contributed by atoms with E-state index in [9.17, 15) is 0 Å². The molecule has 0 spiro atoms. The van der Waals surface area contributed by atoms with Gasteiger partial charge in [-0.1, -0.05) is 6.92 Å². The van der Waals surface area contributed by atoms with Gasteiger partial charge in [0.2, 0.25) is 0 Å². The van der Waals surface area contributed by atoms with Gasteiger partial charge in [-0.25, -0.2) is 0 Å². The second-order valence-electron chi connectivity index (χ2n) is 3.77. The van der Waals surface area contributed by atoms with Gasteiger partial charge in [0.25, 0.3) is 0 Å². The Morgan fingerprint density at radius 2 is 2.38 bits per heavy atom. The standard InChI is InChI=1S/C10H15N3/c1-8-3-4-9(11-7-8)10-5-6-12-13(10)2/h5-6,8H,3-4,7H2,1-2H3. The molecule has 2 rings (SSSR count). The normalized spacial score (nSPS) is 22.9. The van der Waals surface area contributed by atoms with E-state index < -0.39 is 0 Å². The summed E-state index contributed by atoms with van der Waals surface area (Å²) in [5.74, 6) is 0.747. The van der Waals surface area contributed by atoms with Crippen molar-refractivity contribution in [1.29, 1.82) is 0 Å². The molecule has 0 saturated heterocycles. The summed E-state index contributed by atoms with van der Waals surface area (Å²) in [4.78, 5) is 4.57. The Morgan fingerprint density at radius 3 is 2.92 bits per heavy atom. The van der Waals surface area contributed by atoms with Crippen molar-refractivity contribution in [1.82, 2.24) is 9.78 Å². The van der Waals surface area contributed by atoms with E-state index in [2.05, 4.69) is 17.0 Å². The molecule has 3 heteroatoms. The van der Waals surface area contributed by atoms with Crippen LogP contribution in [0.15, 0.2) is 17.3 Å². The topological polar surface area (TPSA) is 30.2 Å². The summed E-state index contributed by atoms with van der Waals surface area (Å²) in [5.41, 5.74) is 2.39. The highest BCUT2D eigenvalue weighted by Gasteiger charge is 2.14. The van der Waals surface area contributed by atoms with Crippen LogP contribution in [0.2, 0.25) is 0 Å². The van der Waals surface area contributed by atoms with Gasteiger partial charge < -0.3 is 0 Å². The lowest BCUT2D eigenvalue weighted by atomic mass is 9.98. The van der Waals surface area contributed by atoms with Crippen molar-refractivity contribution < 1.29 is 0 Å². The second-order valence-corrected chi connectivity index (χ2v) is 3.77. The maximum Gasteiger partial charge on any atom is 0.0816 e. The van der Waals surface area contributed by atoms with Gasteiger partial charge in [-0.3, -0.25) is 9.67 Å². The molecule has 1 unspecified atom stereocenters. The maximum absolute atomic E-state index is 4.57. The zero-order chi connectivity index (χ0) is 9.26. The fourth-order valence-corrected chi connectivity index (χ4v) is 1.69. The number of aryl methyl sites for hydroxylation is 1. The summed E-state index contributed by atoms with van der Waals surface area (Å²) >= 11 is 0. The largest absolute Gasteiger partial charge is 0.287 e. The monoisotopic (exact) mass is 177 g/mol. The Labute approximate surface area is 78.5 Å². The van der Waals surface area contributed by atoms with E-state index in [0.717, 1.165) is 18.9 Å². The minimum Gasteiger partial charge on any atom is -0.287 e. The van der Waals surface area contributed by atoms with E-state index in [1.54, 1.807) is 0 Å². The fourth-order valence-electron chi connectivity index (χ4n) is 1.69. The van der Waals surface area contributed by atoms with Gasteiger partial charge in [-0.15, -0.1) is 0 Å². The molecule has 3 nitrogen and oxygen atoms in total. The molecule has 2 heterocycles. The van der Waals surface area contributed by atoms with Crippen LogP contribution in [0.4, 0.5) is 0 Å². The minimum absolute atomic E-state index is 0.747. The number of aliphatic imine (C=N–C) groups is 1. The van der Waals surface area contributed by atoms with E-state index in [1.165, 1.54) is 17.8 Å². The van der Waals surface area contributed by atoms with Crippen molar-refractivity contribution in [2.75, 3.05) is 6.54 Å². The van der Waals surface area contributed by atoms with E-state index >= 15 is 0 Å².